The van der Waals surface area contributed by atoms with E-state index in [1.54, 1.807) is 0 Å². The highest BCUT2D eigenvalue weighted by Gasteiger charge is 2.37. The van der Waals surface area contributed by atoms with E-state index in [-0.39, 0.29) is 5.91 Å². The summed E-state index contributed by atoms with van der Waals surface area (Å²) in [6.45, 7) is 10.9. The Kier molecular flexibility index (Phi) is 7.54. The Bertz CT molecular complexity index is 352. The molecule has 0 bridgehead atoms. The Morgan fingerprint density at radius 3 is 2.43 bits per heavy atom. The maximum absolute atomic E-state index is 12.2. The average Bonchev–Trinajstić information content (AvgIpc) is 3.18. The maximum Gasteiger partial charge on any atom is 0.242 e. The SMILES string of the molecule is CCCC1CC1NC(=NCC)N(C)CC(=O)N(CC)CC. The van der Waals surface area contributed by atoms with E-state index in [9.17, 15) is 4.79 Å². The zero-order chi connectivity index (χ0) is 15.8. The van der Waals surface area contributed by atoms with Crippen molar-refractivity contribution in [3.63, 3.8) is 0 Å². The molecule has 0 aromatic carbocycles. The number of guanidine groups is 1. The first-order chi connectivity index (χ1) is 10.1. The molecular weight excluding hydrogens is 264 g/mol. The molecule has 1 fully saturated rings. The third kappa shape index (κ3) is 5.56. The molecule has 1 aliphatic rings. The van der Waals surface area contributed by atoms with E-state index in [2.05, 4.69) is 17.2 Å². The van der Waals surface area contributed by atoms with Crippen LogP contribution in [0, 0.1) is 5.92 Å². The molecule has 1 N–H and O–H groups in total. The summed E-state index contributed by atoms with van der Waals surface area (Å²) in [5, 5.41) is 3.51. The van der Waals surface area contributed by atoms with Crippen LogP contribution in [0.5, 0.6) is 0 Å². The van der Waals surface area contributed by atoms with Gasteiger partial charge in [-0.15, -0.1) is 0 Å². The third-order valence-corrected chi connectivity index (χ3v) is 4.05. The molecule has 2 unspecified atom stereocenters. The van der Waals surface area contributed by atoms with Crippen molar-refractivity contribution in [2.45, 2.75) is 53.0 Å². The lowest BCUT2D eigenvalue weighted by atomic mass is 10.2. The van der Waals surface area contributed by atoms with E-state index in [4.69, 9.17) is 0 Å². The van der Waals surface area contributed by atoms with Gasteiger partial charge in [-0.25, -0.2) is 0 Å². The number of carbonyl (C=O) groups is 1. The number of rotatable bonds is 8. The molecule has 1 rings (SSSR count). The standard InChI is InChI=1S/C16H32N4O/c1-6-10-13-11-14(13)18-16(17-7-2)19(5)12-15(21)20(8-3)9-4/h13-14H,6-12H2,1-5H3,(H,17,18). The normalized spacial score (nSPS) is 21.1. The van der Waals surface area contributed by atoms with Crippen molar-refractivity contribution in [3.8, 4) is 0 Å². The van der Waals surface area contributed by atoms with Crippen molar-refractivity contribution in [2.75, 3.05) is 33.2 Å². The first-order valence-electron chi connectivity index (χ1n) is 8.37. The van der Waals surface area contributed by atoms with E-state index in [0.29, 0.717) is 12.6 Å². The van der Waals surface area contributed by atoms with Gasteiger partial charge in [0, 0.05) is 32.7 Å². The van der Waals surface area contributed by atoms with Gasteiger partial charge in [0.05, 0.1) is 6.54 Å². The van der Waals surface area contributed by atoms with Crippen LogP contribution in [0.3, 0.4) is 0 Å². The van der Waals surface area contributed by atoms with Crippen molar-refractivity contribution >= 4 is 11.9 Å². The minimum atomic E-state index is 0.161. The van der Waals surface area contributed by atoms with Crippen LogP contribution in [0.2, 0.25) is 0 Å². The monoisotopic (exact) mass is 296 g/mol. The maximum atomic E-state index is 12.2. The van der Waals surface area contributed by atoms with Gasteiger partial charge in [-0.05, 0) is 39.5 Å². The Morgan fingerprint density at radius 2 is 1.90 bits per heavy atom. The lowest BCUT2D eigenvalue weighted by Crippen LogP contribution is -2.46. The van der Waals surface area contributed by atoms with Crippen LogP contribution in [0.4, 0.5) is 0 Å². The highest BCUT2D eigenvalue weighted by atomic mass is 16.2. The van der Waals surface area contributed by atoms with Gasteiger partial charge >= 0.3 is 0 Å². The molecular formula is C16H32N4O. The second-order valence-electron chi connectivity index (χ2n) is 5.76. The summed E-state index contributed by atoms with van der Waals surface area (Å²) in [4.78, 5) is 20.5. The number of amides is 1. The second-order valence-corrected chi connectivity index (χ2v) is 5.76. The molecule has 122 valence electrons. The lowest BCUT2D eigenvalue weighted by Gasteiger charge is -2.26. The zero-order valence-electron chi connectivity index (χ0n) is 14.4. The molecule has 0 saturated heterocycles. The van der Waals surface area contributed by atoms with Crippen molar-refractivity contribution in [2.24, 2.45) is 10.9 Å². The van der Waals surface area contributed by atoms with E-state index < -0.39 is 0 Å². The average molecular weight is 296 g/mol. The van der Waals surface area contributed by atoms with Crippen LogP contribution in [0.15, 0.2) is 4.99 Å². The smallest absolute Gasteiger partial charge is 0.242 e. The summed E-state index contributed by atoms with van der Waals surface area (Å²) >= 11 is 0. The van der Waals surface area contributed by atoms with Gasteiger partial charge in [-0.2, -0.15) is 0 Å². The molecule has 5 nitrogen and oxygen atoms in total. The molecule has 1 amide bonds. The number of nitrogens with zero attached hydrogens (tertiary/aromatic N) is 3. The number of likely N-dealkylation sites (N-methyl/N-ethyl adjacent to an activating group) is 2. The second kappa shape index (κ2) is 8.90. The Hall–Kier alpha value is -1.26. The number of hydrogen-bond donors (Lipinski definition) is 1. The predicted octanol–water partition coefficient (Wildman–Crippen LogP) is 1.94. The molecule has 0 heterocycles. The third-order valence-electron chi connectivity index (χ3n) is 4.05. The molecule has 5 heteroatoms. The van der Waals surface area contributed by atoms with Gasteiger partial charge in [-0.3, -0.25) is 9.79 Å². The fraction of sp³-hybridized carbons (Fsp3) is 0.875. The zero-order valence-corrected chi connectivity index (χ0v) is 14.4. The summed E-state index contributed by atoms with van der Waals surface area (Å²) in [5.74, 6) is 1.81. The molecule has 0 spiro atoms. The van der Waals surface area contributed by atoms with Crippen molar-refractivity contribution in [1.82, 2.24) is 15.1 Å². The lowest BCUT2D eigenvalue weighted by molar-refractivity contribution is -0.131. The van der Waals surface area contributed by atoms with Crippen molar-refractivity contribution < 1.29 is 4.79 Å². The molecule has 1 saturated carbocycles. The van der Waals surface area contributed by atoms with Crippen LogP contribution < -0.4 is 5.32 Å². The largest absolute Gasteiger partial charge is 0.353 e. The fourth-order valence-corrected chi connectivity index (χ4v) is 2.66. The summed E-state index contributed by atoms with van der Waals surface area (Å²) in [7, 11) is 1.94. The summed E-state index contributed by atoms with van der Waals surface area (Å²) in [6, 6.07) is 0.543. The van der Waals surface area contributed by atoms with Gasteiger partial charge in [0.1, 0.15) is 0 Å². The van der Waals surface area contributed by atoms with Gasteiger partial charge in [-0.1, -0.05) is 13.3 Å². The molecule has 0 radical (unpaired) electrons. The molecule has 1 aliphatic carbocycles. The minimum Gasteiger partial charge on any atom is -0.353 e. The van der Waals surface area contributed by atoms with Gasteiger partial charge in [0.25, 0.3) is 0 Å². The van der Waals surface area contributed by atoms with E-state index in [1.165, 1.54) is 19.3 Å². The first kappa shape index (κ1) is 17.8. The molecule has 0 aromatic rings. The Labute approximate surface area is 129 Å². The van der Waals surface area contributed by atoms with Crippen molar-refractivity contribution in [1.29, 1.82) is 0 Å². The fourth-order valence-electron chi connectivity index (χ4n) is 2.66. The van der Waals surface area contributed by atoms with E-state index in [1.807, 2.05) is 37.6 Å². The van der Waals surface area contributed by atoms with Crippen LogP contribution in [-0.2, 0) is 4.79 Å². The predicted molar refractivity (Wildman–Crippen MR) is 88.5 cm³/mol. The Morgan fingerprint density at radius 1 is 1.24 bits per heavy atom. The van der Waals surface area contributed by atoms with Gasteiger partial charge < -0.3 is 15.1 Å². The quantitative estimate of drug-likeness (QED) is 0.550. The van der Waals surface area contributed by atoms with E-state index >= 15 is 0 Å². The summed E-state index contributed by atoms with van der Waals surface area (Å²) in [6.07, 6.45) is 3.74. The highest BCUT2D eigenvalue weighted by molar-refractivity contribution is 5.86. The molecule has 2 atom stereocenters. The van der Waals surface area contributed by atoms with Crippen LogP contribution in [0.25, 0.3) is 0 Å². The minimum absolute atomic E-state index is 0.161. The number of hydrogen-bond acceptors (Lipinski definition) is 2. The molecule has 0 aliphatic heterocycles. The van der Waals surface area contributed by atoms with Gasteiger partial charge in [0.15, 0.2) is 5.96 Å². The van der Waals surface area contributed by atoms with E-state index in [0.717, 1.165) is 31.5 Å². The topological polar surface area (TPSA) is 47.9 Å². The number of nitrogens with one attached hydrogen (secondary N) is 1. The molecule has 21 heavy (non-hydrogen) atoms. The first-order valence-corrected chi connectivity index (χ1v) is 8.37. The van der Waals surface area contributed by atoms with Gasteiger partial charge in [0.2, 0.25) is 5.91 Å². The Balaban J connectivity index is 2.52. The number of aliphatic imine (C=N–C) groups is 1. The van der Waals surface area contributed by atoms with Crippen LogP contribution >= 0.6 is 0 Å². The van der Waals surface area contributed by atoms with Crippen LogP contribution in [0.1, 0.15) is 47.0 Å². The summed E-state index contributed by atoms with van der Waals surface area (Å²) < 4.78 is 0. The summed E-state index contributed by atoms with van der Waals surface area (Å²) in [5.41, 5.74) is 0. The van der Waals surface area contributed by atoms with Crippen LogP contribution in [-0.4, -0.2) is 60.9 Å². The highest BCUT2D eigenvalue weighted by Crippen LogP contribution is 2.34. The number of carbonyl (C=O) groups excluding carboxylic acids is 1. The molecule has 0 aromatic heterocycles. The van der Waals surface area contributed by atoms with Crippen molar-refractivity contribution in [3.05, 3.63) is 0 Å².